The normalized spacial score (nSPS) is 23.0. The van der Waals surface area contributed by atoms with E-state index in [1.54, 1.807) is 0 Å². The summed E-state index contributed by atoms with van der Waals surface area (Å²) in [6.45, 7) is 1.00. The van der Waals surface area contributed by atoms with Crippen LogP contribution in [0, 0.1) is 0 Å². The molecule has 254 valence electrons. The van der Waals surface area contributed by atoms with E-state index >= 15 is 0 Å². The highest BCUT2D eigenvalue weighted by Gasteiger charge is 2.48. The highest BCUT2D eigenvalue weighted by Crippen LogP contribution is 2.26. The monoisotopic (exact) mass is 637 g/mol. The van der Waals surface area contributed by atoms with Crippen molar-refractivity contribution >= 4 is 28.8 Å². The number of imidazole rings is 1. The van der Waals surface area contributed by atoms with Crippen molar-refractivity contribution in [3.63, 3.8) is 0 Å². The number of nitrogens with zero attached hydrogens (tertiary/aromatic N) is 3. The molecule has 0 radical (unpaired) electrons. The number of amides is 2. The third-order valence-corrected chi connectivity index (χ3v) is 8.09. The SMILES string of the molecule is CCCCCCCCCCCCCC(O)CC(=O)NCC(=O)N[C@@H]1[C@@H](O)[C@@H](O)[C@@H](Nc2ncnc3nc[nH]c23)O[C@H]1C(O)CO. The van der Waals surface area contributed by atoms with E-state index in [-0.39, 0.29) is 12.2 Å². The first-order chi connectivity index (χ1) is 21.7. The number of unbranched alkanes of at least 4 members (excludes halogenated alkanes) is 10. The summed E-state index contributed by atoms with van der Waals surface area (Å²) in [6.07, 6.45) is 7.93. The number of carbonyl (C=O) groups excluding carboxylic acids is 2. The Morgan fingerprint density at radius 3 is 2.27 bits per heavy atom. The van der Waals surface area contributed by atoms with E-state index in [9.17, 15) is 35.1 Å². The van der Waals surface area contributed by atoms with Crippen molar-refractivity contribution in [2.75, 3.05) is 18.5 Å². The Morgan fingerprint density at radius 2 is 1.60 bits per heavy atom. The third-order valence-electron chi connectivity index (χ3n) is 8.09. The molecular formula is C30H51N7O8. The van der Waals surface area contributed by atoms with Crippen LogP contribution in [0.3, 0.4) is 0 Å². The molecule has 0 spiro atoms. The number of nitrogens with one attached hydrogen (secondary N) is 4. The van der Waals surface area contributed by atoms with Gasteiger partial charge in [0.05, 0.1) is 38.0 Å². The van der Waals surface area contributed by atoms with E-state index in [0.717, 1.165) is 19.3 Å². The second-order valence-corrected chi connectivity index (χ2v) is 11.8. The predicted octanol–water partition coefficient (Wildman–Crippen LogP) is 0.618. The van der Waals surface area contributed by atoms with E-state index in [1.165, 1.54) is 64.0 Å². The lowest BCUT2D eigenvalue weighted by Gasteiger charge is -2.44. The molecule has 1 fully saturated rings. The maximum absolute atomic E-state index is 12.7. The standard InChI is InChI=1S/C30H51N7O8/c1-2-3-4-5-6-7-8-9-10-11-12-13-19(39)14-21(41)31-15-22(42)36-23-25(43)26(44)30(45-27(23)20(40)16-38)37-29-24-28(33-17-32-24)34-18-35-29/h17-20,23,25-27,30,38-40,43-44H,2-16H2,1H3,(H,31,41)(H,36,42)(H2,32,33,34,35,37)/t19?,20?,23-,25-,26-,27+,30+/m1/s1. The van der Waals surface area contributed by atoms with Crippen molar-refractivity contribution < 1.29 is 39.9 Å². The lowest BCUT2D eigenvalue weighted by molar-refractivity contribution is -0.204. The molecule has 1 aliphatic rings. The summed E-state index contributed by atoms with van der Waals surface area (Å²) in [5.74, 6) is -1.02. The number of hydrogen-bond donors (Lipinski definition) is 9. The van der Waals surface area contributed by atoms with Crippen LogP contribution in [0.1, 0.15) is 90.4 Å². The number of fused-ring (bicyclic) bond motifs is 1. The molecule has 0 aromatic carbocycles. The molecule has 9 N–H and O–H groups in total. The van der Waals surface area contributed by atoms with Crippen LogP contribution in [0.25, 0.3) is 11.2 Å². The van der Waals surface area contributed by atoms with Gasteiger partial charge < -0.3 is 51.2 Å². The average Bonchev–Trinajstić information content (AvgIpc) is 3.52. The molecule has 2 amide bonds. The predicted molar refractivity (Wildman–Crippen MR) is 166 cm³/mol. The molecule has 0 saturated carbocycles. The first kappa shape index (κ1) is 36.5. The molecule has 2 aromatic rings. The van der Waals surface area contributed by atoms with Gasteiger partial charge in [-0.2, -0.15) is 0 Å². The minimum Gasteiger partial charge on any atom is -0.394 e. The highest BCUT2D eigenvalue weighted by atomic mass is 16.5. The van der Waals surface area contributed by atoms with Gasteiger partial charge in [0.15, 0.2) is 17.7 Å². The molecule has 2 aromatic heterocycles. The van der Waals surface area contributed by atoms with Crippen LogP contribution in [-0.2, 0) is 14.3 Å². The van der Waals surface area contributed by atoms with Gasteiger partial charge in [0, 0.05) is 0 Å². The summed E-state index contributed by atoms with van der Waals surface area (Å²) in [4.78, 5) is 39.9. The fourth-order valence-corrected chi connectivity index (χ4v) is 5.50. The topological polar surface area (TPSA) is 235 Å². The number of H-pyrrole nitrogens is 1. The fourth-order valence-electron chi connectivity index (χ4n) is 5.50. The van der Waals surface area contributed by atoms with Crippen LogP contribution in [0.2, 0.25) is 0 Å². The van der Waals surface area contributed by atoms with E-state index in [2.05, 4.69) is 42.8 Å². The number of carbonyl (C=O) groups is 2. The van der Waals surface area contributed by atoms with E-state index < -0.39 is 67.8 Å². The lowest BCUT2D eigenvalue weighted by atomic mass is 9.92. The summed E-state index contributed by atoms with van der Waals surface area (Å²) >= 11 is 0. The molecule has 3 heterocycles. The summed E-state index contributed by atoms with van der Waals surface area (Å²) in [6, 6.07) is -1.33. The van der Waals surface area contributed by atoms with Crippen molar-refractivity contribution in [3.8, 4) is 0 Å². The van der Waals surface area contributed by atoms with Crippen LogP contribution in [0.5, 0.6) is 0 Å². The first-order valence-electron chi connectivity index (χ1n) is 16.2. The molecule has 7 atom stereocenters. The molecule has 1 aliphatic heterocycles. The van der Waals surface area contributed by atoms with Crippen LogP contribution < -0.4 is 16.0 Å². The van der Waals surface area contributed by atoms with E-state index in [0.29, 0.717) is 17.6 Å². The second kappa shape index (κ2) is 19.5. The van der Waals surface area contributed by atoms with Gasteiger partial charge in [-0.3, -0.25) is 9.59 Å². The van der Waals surface area contributed by atoms with Crippen LogP contribution >= 0.6 is 0 Å². The molecule has 3 rings (SSSR count). The highest BCUT2D eigenvalue weighted by molar-refractivity contribution is 5.85. The number of ether oxygens (including phenoxy) is 1. The minimum absolute atomic E-state index is 0.148. The van der Waals surface area contributed by atoms with Gasteiger partial charge in [-0.15, -0.1) is 0 Å². The summed E-state index contributed by atoms with van der Waals surface area (Å²) in [5, 5.41) is 59.6. The summed E-state index contributed by atoms with van der Waals surface area (Å²) in [7, 11) is 0. The molecule has 0 aliphatic carbocycles. The van der Waals surface area contributed by atoms with Gasteiger partial charge >= 0.3 is 0 Å². The Morgan fingerprint density at radius 1 is 0.933 bits per heavy atom. The minimum atomic E-state index is -1.63. The zero-order valence-corrected chi connectivity index (χ0v) is 26.1. The molecular weight excluding hydrogens is 586 g/mol. The molecule has 2 unspecified atom stereocenters. The van der Waals surface area contributed by atoms with Gasteiger partial charge in [-0.1, -0.05) is 77.6 Å². The van der Waals surface area contributed by atoms with Crippen LogP contribution in [0.4, 0.5) is 5.82 Å². The quantitative estimate of drug-likeness (QED) is 0.0857. The zero-order chi connectivity index (χ0) is 32.6. The lowest BCUT2D eigenvalue weighted by Crippen LogP contribution is -2.68. The van der Waals surface area contributed by atoms with Gasteiger partial charge in [0.25, 0.3) is 0 Å². The molecule has 45 heavy (non-hydrogen) atoms. The molecule has 15 nitrogen and oxygen atoms in total. The Bertz CT molecular complexity index is 1150. The Kier molecular flexibility index (Phi) is 15.9. The average molecular weight is 638 g/mol. The Hall–Kier alpha value is -2.95. The second-order valence-electron chi connectivity index (χ2n) is 11.8. The maximum Gasteiger partial charge on any atom is 0.239 e. The Balaban J connectivity index is 1.38. The zero-order valence-electron chi connectivity index (χ0n) is 26.1. The number of rotatable bonds is 21. The number of hydrogen-bond acceptors (Lipinski definition) is 12. The van der Waals surface area contributed by atoms with Gasteiger partial charge in [0.1, 0.15) is 36.3 Å². The summed E-state index contributed by atoms with van der Waals surface area (Å²) in [5.41, 5.74) is 0.760. The first-order valence-corrected chi connectivity index (χ1v) is 16.2. The van der Waals surface area contributed by atoms with Gasteiger partial charge in [-0.25, -0.2) is 15.0 Å². The summed E-state index contributed by atoms with van der Waals surface area (Å²) < 4.78 is 5.77. The smallest absolute Gasteiger partial charge is 0.239 e. The van der Waals surface area contributed by atoms with Crippen molar-refractivity contribution in [2.45, 2.75) is 133 Å². The van der Waals surface area contributed by atoms with Crippen molar-refractivity contribution in [1.29, 1.82) is 0 Å². The number of aromatic amines is 1. The van der Waals surface area contributed by atoms with Crippen LogP contribution in [-0.4, -0.2) is 113 Å². The largest absolute Gasteiger partial charge is 0.394 e. The fraction of sp³-hybridized carbons (Fsp3) is 0.767. The van der Waals surface area contributed by atoms with Crippen LogP contribution in [0.15, 0.2) is 12.7 Å². The third kappa shape index (κ3) is 11.7. The molecule has 15 heteroatoms. The number of aliphatic hydroxyl groups excluding tert-OH is 5. The molecule has 0 bridgehead atoms. The number of anilines is 1. The maximum atomic E-state index is 12.7. The van der Waals surface area contributed by atoms with E-state index in [4.69, 9.17) is 4.74 Å². The number of aliphatic hydroxyl groups is 5. The van der Waals surface area contributed by atoms with Gasteiger partial charge in [0.2, 0.25) is 11.8 Å². The van der Waals surface area contributed by atoms with E-state index in [1.807, 2.05) is 0 Å². The molecule has 1 saturated heterocycles. The van der Waals surface area contributed by atoms with Crippen molar-refractivity contribution in [2.24, 2.45) is 0 Å². The Labute approximate surface area is 263 Å². The van der Waals surface area contributed by atoms with Crippen molar-refractivity contribution in [1.82, 2.24) is 30.6 Å². The van der Waals surface area contributed by atoms with Gasteiger partial charge in [-0.05, 0) is 6.42 Å². The van der Waals surface area contributed by atoms with Crippen molar-refractivity contribution in [3.05, 3.63) is 12.7 Å². The number of aromatic nitrogens is 4.